The topological polar surface area (TPSA) is 16.1 Å². The zero-order valence-corrected chi connectivity index (χ0v) is 12.0. The van der Waals surface area contributed by atoms with Crippen molar-refractivity contribution in [1.82, 2.24) is 4.98 Å². The Morgan fingerprint density at radius 2 is 2.25 bits per heavy atom. The molecular formula is C11H13Br2FN2. The maximum Gasteiger partial charge on any atom is 0.166 e. The van der Waals surface area contributed by atoms with Crippen molar-refractivity contribution in [2.75, 3.05) is 16.8 Å². The monoisotopic (exact) mass is 350 g/mol. The Labute approximate surface area is 111 Å². The minimum absolute atomic E-state index is 0.248. The number of hydrogen-bond acceptors (Lipinski definition) is 2. The van der Waals surface area contributed by atoms with E-state index < -0.39 is 0 Å². The third kappa shape index (κ3) is 2.56. The molecule has 0 aliphatic heterocycles. The molecule has 0 N–H and O–H groups in total. The fraction of sp³-hybridized carbons (Fsp3) is 0.545. The molecule has 0 amide bonds. The van der Waals surface area contributed by atoms with Gasteiger partial charge in [-0.15, -0.1) is 0 Å². The summed E-state index contributed by atoms with van der Waals surface area (Å²) < 4.78 is 14.5. The molecule has 88 valence electrons. The molecule has 0 radical (unpaired) electrons. The highest BCUT2D eigenvalue weighted by Crippen LogP contribution is 2.30. The minimum Gasteiger partial charge on any atom is -0.350 e. The lowest BCUT2D eigenvalue weighted by atomic mass is 9.91. The van der Waals surface area contributed by atoms with Crippen LogP contribution in [0.25, 0.3) is 0 Å². The van der Waals surface area contributed by atoms with E-state index in [1.807, 2.05) is 0 Å². The largest absolute Gasteiger partial charge is 0.350 e. The fourth-order valence-electron chi connectivity index (χ4n) is 1.87. The second-order valence-corrected chi connectivity index (χ2v) is 5.63. The van der Waals surface area contributed by atoms with Gasteiger partial charge in [-0.1, -0.05) is 15.9 Å². The van der Waals surface area contributed by atoms with Crippen molar-refractivity contribution < 1.29 is 4.39 Å². The van der Waals surface area contributed by atoms with Crippen molar-refractivity contribution in [3.8, 4) is 0 Å². The summed E-state index contributed by atoms with van der Waals surface area (Å²) in [4.78, 5) is 6.25. The molecule has 1 saturated carbocycles. The van der Waals surface area contributed by atoms with E-state index in [0.717, 1.165) is 24.7 Å². The van der Waals surface area contributed by atoms with Gasteiger partial charge in [-0.25, -0.2) is 9.37 Å². The van der Waals surface area contributed by atoms with Gasteiger partial charge in [-0.3, -0.25) is 0 Å². The summed E-state index contributed by atoms with van der Waals surface area (Å²) in [6, 6.07) is 1.93. The molecule has 0 aromatic carbocycles. The molecule has 0 spiro atoms. The predicted octanol–water partition coefficient (Wildman–Crippen LogP) is 3.74. The quantitative estimate of drug-likeness (QED) is 0.768. The lowest BCUT2D eigenvalue weighted by Gasteiger charge is -2.38. The van der Waals surface area contributed by atoms with Crippen LogP contribution in [0, 0.1) is 5.82 Å². The van der Waals surface area contributed by atoms with Crippen LogP contribution in [-0.4, -0.2) is 22.9 Å². The highest BCUT2D eigenvalue weighted by Gasteiger charge is 2.27. The van der Waals surface area contributed by atoms with Gasteiger partial charge in [0.1, 0.15) is 0 Å². The average molecular weight is 352 g/mol. The molecule has 1 aliphatic rings. The van der Waals surface area contributed by atoms with Crippen LogP contribution in [0.4, 0.5) is 10.2 Å². The van der Waals surface area contributed by atoms with E-state index in [0.29, 0.717) is 16.3 Å². The van der Waals surface area contributed by atoms with Crippen molar-refractivity contribution in [2.45, 2.75) is 25.3 Å². The lowest BCUT2D eigenvalue weighted by Crippen LogP contribution is -2.42. The van der Waals surface area contributed by atoms with E-state index in [1.165, 1.54) is 12.5 Å². The van der Waals surface area contributed by atoms with Crippen molar-refractivity contribution in [3.63, 3.8) is 0 Å². The Bertz CT molecular complexity index is 369. The van der Waals surface area contributed by atoms with Crippen LogP contribution < -0.4 is 4.90 Å². The highest BCUT2D eigenvalue weighted by atomic mass is 79.9. The van der Waals surface area contributed by atoms with E-state index in [2.05, 4.69) is 41.7 Å². The van der Waals surface area contributed by atoms with Crippen LogP contribution in [0.1, 0.15) is 19.3 Å². The van der Waals surface area contributed by atoms with Gasteiger partial charge in [0.15, 0.2) is 11.6 Å². The van der Waals surface area contributed by atoms with Gasteiger partial charge >= 0.3 is 0 Å². The molecule has 1 heterocycles. The Morgan fingerprint density at radius 1 is 1.50 bits per heavy atom. The van der Waals surface area contributed by atoms with Crippen LogP contribution in [0.2, 0.25) is 0 Å². The minimum atomic E-state index is -0.248. The second-order valence-electron chi connectivity index (χ2n) is 3.93. The number of nitrogens with zero attached hydrogens (tertiary/aromatic N) is 2. The van der Waals surface area contributed by atoms with Gasteiger partial charge < -0.3 is 4.90 Å². The smallest absolute Gasteiger partial charge is 0.166 e. The summed E-state index contributed by atoms with van der Waals surface area (Å²) in [6.45, 7) is 0.802. The van der Waals surface area contributed by atoms with Gasteiger partial charge in [-0.2, -0.15) is 0 Å². The van der Waals surface area contributed by atoms with Crippen molar-refractivity contribution in [3.05, 3.63) is 22.6 Å². The first-order valence-corrected chi connectivity index (χ1v) is 7.27. The number of rotatable bonds is 4. The van der Waals surface area contributed by atoms with E-state index >= 15 is 0 Å². The average Bonchev–Trinajstić information content (AvgIpc) is 2.14. The number of anilines is 1. The van der Waals surface area contributed by atoms with Gasteiger partial charge in [0, 0.05) is 28.6 Å². The molecule has 1 aliphatic carbocycles. The molecule has 0 atom stereocenters. The van der Waals surface area contributed by atoms with Crippen LogP contribution >= 0.6 is 31.9 Å². The van der Waals surface area contributed by atoms with Crippen molar-refractivity contribution in [2.24, 2.45) is 0 Å². The first kappa shape index (κ1) is 12.3. The van der Waals surface area contributed by atoms with E-state index in [-0.39, 0.29) is 5.82 Å². The highest BCUT2D eigenvalue weighted by molar-refractivity contribution is 9.10. The molecule has 5 heteroatoms. The number of aromatic nitrogens is 1. The standard InChI is InChI=1S/C11H13Br2FN2/c12-4-5-16(9-2-1-3-9)11-10(14)6-8(13)7-15-11/h6-7,9H,1-5H2. The van der Waals surface area contributed by atoms with E-state index in [4.69, 9.17) is 0 Å². The Balaban J connectivity index is 2.23. The maximum absolute atomic E-state index is 13.8. The summed E-state index contributed by atoms with van der Waals surface area (Å²) in [7, 11) is 0. The first-order valence-electron chi connectivity index (χ1n) is 5.36. The number of alkyl halides is 1. The van der Waals surface area contributed by atoms with Crippen LogP contribution in [-0.2, 0) is 0 Å². The number of hydrogen-bond donors (Lipinski definition) is 0. The zero-order valence-electron chi connectivity index (χ0n) is 8.80. The predicted molar refractivity (Wildman–Crippen MR) is 70.7 cm³/mol. The second kappa shape index (κ2) is 5.45. The van der Waals surface area contributed by atoms with Gasteiger partial charge in [0.05, 0.1) is 0 Å². The van der Waals surface area contributed by atoms with Crippen LogP contribution in [0.5, 0.6) is 0 Å². The summed E-state index contributed by atoms with van der Waals surface area (Å²) in [6.07, 6.45) is 5.17. The number of halogens is 3. The summed E-state index contributed by atoms with van der Waals surface area (Å²) >= 11 is 6.63. The lowest BCUT2D eigenvalue weighted by molar-refractivity contribution is 0.385. The molecule has 2 rings (SSSR count). The van der Waals surface area contributed by atoms with E-state index in [9.17, 15) is 4.39 Å². The molecule has 1 aromatic rings. The maximum atomic E-state index is 13.8. The third-order valence-corrected chi connectivity index (χ3v) is 3.69. The van der Waals surface area contributed by atoms with Gasteiger partial charge in [-0.05, 0) is 41.3 Å². The number of pyridine rings is 1. The Morgan fingerprint density at radius 3 is 2.75 bits per heavy atom. The SMILES string of the molecule is Fc1cc(Br)cnc1N(CCBr)C1CCC1. The molecule has 1 aromatic heterocycles. The molecular weight excluding hydrogens is 339 g/mol. The van der Waals surface area contributed by atoms with Gasteiger partial charge in [0.25, 0.3) is 0 Å². The van der Waals surface area contributed by atoms with Crippen molar-refractivity contribution >= 4 is 37.7 Å². The van der Waals surface area contributed by atoms with E-state index in [1.54, 1.807) is 6.20 Å². The van der Waals surface area contributed by atoms with Crippen LogP contribution in [0.3, 0.4) is 0 Å². The molecule has 2 nitrogen and oxygen atoms in total. The summed E-state index contributed by atoms with van der Waals surface area (Å²) in [5, 5.41) is 0.834. The summed E-state index contributed by atoms with van der Waals surface area (Å²) in [5.41, 5.74) is 0. The normalized spacial score (nSPS) is 15.9. The molecule has 0 bridgehead atoms. The van der Waals surface area contributed by atoms with Crippen LogP contribution in [0.15, 0.2) is 16.7 Å². The molecule has 0 unspecified atom stereocenters. The van der Waals surface area contributed by atoms with Crippen molar-refractivity contribution in [1.29, 1.82) is 0 Å². The molecule has 1 fully saturated rings. The molecule has 0 saturated heterocycles. The Kier molecular flexibility index (Phi) is 4.19. The molecule has 16 heavy (non-hydrogen) atoms. The summed E-state index contributed by atoms with van der Waals surface area (Å²) in [5.74, 6) is 0.231. The fourth-order valence-corrected chi connectivity index (χ4v) is 2.55. The Hall–Kier alpha value is -0.160. The third-order valence-electron chi connectivity index (χ3n) is 2.90. The first-order chi connectivity index (χ1) is 7.72. The zero-order chi connectivity index (χ0) is 11.5. The van der Waals surface area contributed by atoms with Gasteiger partial charge in [0.2, 0.25) is 0 Å².